The molecule has 1 unspecified atom stereocenters. The highest BCUT2D eigenvalue weighted by Crippen LogP contribution is 2.50. The van der Waals surface area contributed by atoms with E-state index in [1.165, 1.54) is 35.8 Å². The van der Waals surface area contributed by atoms with Crippen molar-refractivity contribution in [1.82, 2.24) is 9.71 Å². The largest absolute Gasteiger partial charge is 0.481 e. The fourth-order valence-corrected chi connectivity index (χ4v) is 4.19. The molecule has 6 nitrogen and oxygen atoms in total. The summed E-state index contributed by atoms with van der Waals surface area (Å²) in [6.07, 6.45) is 8.55. The van der Waals surface area contributed by atoms with Crippen molar-refractivity contribution in [3.8, 4) is 17.0 Å². The molecule has 1 atom stereocenters. The van der Waals surface area contributed by atoms with Crippen LogP contribution in [0.3, 0.4) is 0 Å². The van der Waals surface area contributed by atoms with Crippen molar-refractivity contribution in [2.45, 2.75) is 38.0 Å². The van der Waals surface area contributed by atoms with E-state index in [0.29, 0.717) is 11.8 Å². The first-order valence-electron chi connectivity index (χ1n) is 9.17. The quantitative estimate of drug-likeness (QED) is 0.825. The van der Waals surface area contributed by atoms with E-state index in [1.807, 2.05) is 12.1 Å². The second kappa shape index (κ2) is 7.31. The van der Waals surface area contributed by atoms with Crippen LogP contribution in [-0.4, -0.2) is 28.6 Å². The van der Waals surface area contributed by atoms with Crippen LogP contribution in [-0.2, 0) is 23.8 Å². The molecule has 0 saturated heterocycles. The normalized spacial score (nSPS) is 16.5. The van der Waals surface area contributed by atoms with Gasteiger partial charge in [-0.2, -0.15) is 0 Å². The van der Waals surface area contributed by atoms with Crippen molar-refractivity contribution in [3.05, 3.63) is 41.1 Å². The van der Waals surface area contributed by atoms with E-state index < -0.39 is 17.0 Å². The second-order valence-electron chi connectivity index (χ2n) is 7.08. The number of amides is 2. The maximum absolute atomic E-state index is 12.4. The summed E-state index contributed by atoms with van der Waals surface area (Å²) in [5.74, 6) is 1.06. The summed E-state index contributed by atoms with van der Waals surface area (Å²) in [5.41, 5.74) is 6.62. The van der Waals surface area contributed by atoms with Gasteiger partial charge in [-0.05, 0) is 66.3 Å². The number of fused-ring (bicyclic) bond motifs is 1. The second-order valence-corrected chi connectivity index (χ2v) is 8.19. The molecular weight excluding hydrogens is 362 g/mol. The van der Waals surface area contributed by atoms with Gasteiger partial charge in [-0.1, -0.05) is 6.07 Å². The molecule has 0 bridgehead atoms. The number of hydrogen-bond donors (Lipinski definition) is 2. The van der Waals surface area contributed by atoms with Crippen LogP contribution in [0.5, 0.6) is 5.88 Å². The summed E-state index contributed by atoms with van der Waals surface area (Å²) in [4.78, 5) is 16.6. The van der Waals surface area contributed by atoms with E-state index in [9.17, 15) is 9.00 Å². The van der Waals surface area contributed by atoms with Crippen molar-refractivity contribution >= 4 is 22.7 Å². The summed E-state index contributed by atoms with van der Waals surface area (Å²) >= 11 is 0. The van der Waals surface area contributed by atoms with E-state index in [1.54, 1.807) is 13.3 Å². The van der Waals surface area contributed by atoms with Crippen molar-refractivity contribution in [1.29, 1.82) is 0 Å². The molecule has 2 aliphatic rings. The number of carbonyl (C=O) groups is 1. The monoisotopic (exact) mass is 385 g/mol. The predicted octanol–water partition coefficient (Wildman–Crippen LogP) is 3.54. The molecule has 1 aromatic heterocycles. The van der Waals surface area contributed by atoms with Gasteiger partial charge in [0.2, 0.25) is 5.88 Å². The summed E-state index contributed by atoms with van der Waals surface area (Å²) in [6.45, 7) is 0. The Labute approximate surface area is 161 Å². The van der Waals surface area contributed by atoms with E-state index in [4.69, 9.17) is 4.74 Å². The topological polar surface area (TPSA) is 80.3 Å². The maximum atomic E-state index is 12.4. The van der Waals surface area contributed by atoms with Gasteiger partial charge in [0.15, 0.2) is 0 Å². The highest BCUT2D eigenvalue weighted by Gasteiger charge is 2.32. The minimum absolute atomic E-state index is 0.444. The first-order chi connectivity index (χ1) is 13.1. The Hall–Kier alpha value is -2.41. The van der Waals surface area contributed by atoms with E-state index in [-0.39, 0.29) is 0 Å². The van der Waals surface area contributed by atoms with Gasteiger partial charge in [0.1, 0.15) is 11.0 Å². The number of anilines is 1. The molecule has 2 aliphatic carbocycles. The van der Waals surface area contributed by atoms with Gasteiger partial charge in [-0.3, -0.25) is 4.72 Å². The van der Waals surface area contributed by atoms with Gasteiger partial charge in [0.25, 0.3) is 0 Å². The number of hydrogen-bond acceptors (Lipinski definition) is 4. The highest BCUT2D eigenvalue weighted by molar-refractivity contribution is 7.82. The maximum Gasteiger partial charge on any atom is 0.331 e. The summed E-state index contributed by atoms with van der Waals surface area (Å²) in [5, 5.41) is 3.00. The average molecular weight is 385 g/mol. The fraction of sp³-hybridized carbons (Fsp3) is 0.400. The van der Waals surface area contributed by atoms with Crippen molar-refractivity contribution in [2.24, 2.45) is 0 Å². The molecule has 2 N–H and O–H groups in total. The van der Waals surface area contributed by atoms with Gasteiger partial charge in [0, 0.05) is 24.1 Å². The number of benzene rings is 1. The molecular formula is C20H23N3O3S. The molecule has 2 aromatic rings. The average Bonchev–Trinajstić information content (AvgIpc) is 3.38. The number of nitrogens with one attached hydrogen (secondary N) is 2. The molecule has 0 aliphatic heterocycles. The molecule has 0 radical (unpaired) electrons. The smallest absolute Gasteiger partial charge is 0.331 e. The first-order valence-corrected chi connectivity index (χ1v) is 10.7. The van der Waals surface area contributed by atoms with E-state index in [0.717, 1.165) is 36.1 Å². The van der Waals surface area contributed by atoms with Gasteiger partial charge in [-0.25, -0.2) is 14.0 Å². The molecule has 0 spiro atoms. The summed E-state index contributed by atoms with van der Waals surface area (Å²) in [6, 6.07) is 5.74. The highest BCUT2D eigenvalue weighted by atomic mass is 32.2. The Morgan fingerprint density at radius 2 is 2.11 bits per heavy atom. The Morgan fingerprint density at radius 3 is 2.81 bits per heavy atom. The molecule has 7 heteroatoms. The van der Waals surface area contributed by atoms with Crippen LogP contribution in [0.2, 0.25) is 0 Å². The van der Waals surface area contributed by atoms with Gasteiger partial charge in [0.05, 0.1) is 12.8 Å². The number of pyridine rings is 1. The zero-order chi connectivity index (χ0) is 19.0. The number of aryl methyl sites for hydroxylation is 1. The number of carbonyl (C=O) groups excluding carboxylic acids is 1. The molecule has 1 saturated carbocycles. The van der Waals surface area contributed by atoms with Crippen molar-refractivity contribution < 1.29 is 13.7 Å². The van der Waals surface area contributed by atoms with Crippen LogP contribution < -0.4 is 14.8 Å². The molecule has 4 rings (SSSR count). The third-order valence-corrected chi connectivity index (χ3v) is 5.63. The van der Waals surface area contributed by atoms with Crippen molar-refractivity contribution in [3.63, 3.8) is 0 Å². The standard InChI is InChI=1S/C20H23N3O3S/c1-26-17-11-14(8-9-21-17)18-16(12-6-7-12)10-13-4-3-5-15(13)19(18)22-20(24)23-27(2)25/h8-12H,3-7H2,1-2H3,(H2,22,23,24). The Morgan fingerprint density at radius 1 is 1.30 bits per heavy atom. The zero-order valence-corrected chi connectivity index (χ0v) is 16.3. The summed E-state index contributed by atoms with van der Waals surface area (Å²) < 4.78 is 19.2. The van der Waals surface area contributed by atoms with Gasteiger partial charge < -0.3 is 10.1 Å². The lowest BCUT2D eigenvalue weighted by Crippen LogP contribution is -2.30. The van der Waals surface area contributed by atoms with Crippen LogP contribution in [0.1, 0.15) is 41.9 Å². The molecule has 2 amide bonds. The first kappa shape index (κ1) is 18.0. The van der Waals surface area contributed by atoms with Crippen molar-refractivity contribution in [2.75, 3.05) is 18.7 Å². The van der Waals surface area contributed by atoms with Crippen LogP contribution >= 0.6 is 0 Å². The fourth-order valence-electron chi connectivity index (χ4n) is 3.88. The Bertz CT molecular complexity index is 925. The Kier molecular flexibility index (Phi) is 4.86. The van der Waals surface area contributed by atoms with E-state index >= 15 is 0 Å². The van der Waals surface area contributed by atoms with Crippen LogP contribution in [0.25, 0.3) is 11.1 Å². The van der Waals surface area contributed by atoms with Crippen LogP contribution in [0, 0.1) is 0 Å². The SMILES string of the molecule is COc1cc(-c2c(C3CC3)cc3c(c2NC(=O)NS(C)=O)CCC3)ccn1. The third kappa shape index (κ3) is 3.69. The number of rotatable bonds is 5. The predicted molar refractivity (Wildman–Crippen MR) is 106 cm³/mol. The minimum atomic E-state index is -1.42. The molecule has 1 heterocycles. The zero-order valence-electron chi connectivity index (χ0n) is 15.5. The summed E-state index contributed by atoms with van der Waals surface area (Å²) in [7, 11) is 0.179. The molecule has 27 heavy (non-hydrogen) atoms. The lowest BCUT2D eigenvalue weighted by molar-refractivity contribution is 0.257. The van der Waals surface area contributed by atoms with Gasteiger partial charge >= 0.3 is 6.03 Å². The lowest BCUT2D eigenvalue weighted by atomic mass is 9.90. The number of ether oxygens (including phenoxy) is 1. The van der Waals surface area contributed by atoms with Gasteiger partial charge in [-0.15, -0.1) is 0 Å². The number of aromatic nitrogens is 1. The minimum Gasteiger partial charge on any atom is -0.481 e. The number of urea groups is 1. The molecule has 142 valence electrons. The lowest BCUT2D eigenvalue weighted by Gasteiger charge is -2.20. The van der Waals surface area contributed by atoms with E-state index in [2.05, 4.69) is 21.1 Å². The third-order valence-electron chi connectivity index (χ3n) is 5.16. The van der Waals surface area contributed by atoms with Crippen LogP contribution in [0.4, 0.5) is 10.5 Å². The van der Waals surface area contributed by atoms with Crippen LogP contribution in [0.15, 0.2) is 24.4 Å². The molecule has 1 aromatic carbocycles. The number of nitrogens with zero attached hydrogens (tertiary/aromatic N) is 1. The molecule has 1 fully saturated rings. The number of methoxy groups -OCH3 is 1. The Balaban J connectivity index is 1.88.